The molecule has 0 aliphatic carbocycles. The van der Waals surface area contributed by atoms with E-state index < -0.39 is 80.6 Å². The average molecular weight is 1780 g/mol. The van der Waals surface area contributed by atoms with E-state index in [1.165, 1.54) is 119 Å². The van der Waals surface area contributed by atoms with Crippen LogP contribution < -0.4 is 25.6 Å². The van der Waals surface area contributed by atoms with Gasteiger partial charge in [0, 0.05) is 150 Å². The predicted molar refractivity (Wildman–Crippen MR) is 476 cm³/mol. The van der Waals surface area contributed by atoms with Crippen molar-refractivity contribution in [1.29, 1.82) is 0 Å². The van der Waals surface area contributed by atoms with E-state index in [-0.39, 0.29) is 114 Å². The summed E-state index contributed by atoms with van der Waals surface area (Å²) < 4.78 is 1.50. The van der Waals surface area contributed by atoms with Crippen LogP contribution in [0, 0.1) is 27.2 Å². The Morgan fingerprint density at radius 1 is 0.467 bits per heavy atom. The molecule has 12 aromatic carbocycles. The van der Waals surface area contributed by atoms with Gasteiger partial charge < -0.3 is 46.0 Å². The van der Waals surface area contributed by atoms with Gasteiger partial charge in [-0.25, -0.2) is 0 Å². The molecule has 0 saturated heterocycles. The Morgan fingerprint density at radius 3 is 1.57 bits per heavy atom. The van der Waals surface area contributed by atoms with Crippen LogP contribution in [0.1, 0.15) is 68.2 Å². The van der Waals surface area contributed by atoms with Crippen LogP contribution in [0.4, 0.5) is 39.8 Å². The number of carbonyl (C=O) groups excluding carboxylic acids is 5. The Kier molecular flexibility index (Phi) is 27.7. The Balaban J connectivity index is 0.908. The quantitative estimate of drug-likeness (QED) is 0.00464. The predicted octanol–water partition coefficient (Wildman–Crippen LogP) is 23.1. The number of aromatic nitrogens is 1. The number of aromatic hydroxyl groups is 4. The Labute approximate surface area is 730 Å². The zero-order valence-corrected chi connectivity index (χ0v) is 70.4. The lowest BCUT2D eigenvalue weighted by molar-refractivity contribution is -0.385. The Bertz CT molecular complexity index is 6180. The first-order chi connectivity index (χ1) is 57.6. The molecule has 1 amide bonds. The lowest BCUT2D eigenvalue weighted by atomic mass is 9.66. The van der Waals surface area contributed by atoms with Gasteiger partial charge in [0.1, 0.15) is 23.0 Å². The molecule has 13 aromatic rings. The number of halogens is 5. The van der Waals surface area contributed by atoms with Crippen LogP contribution in [0.25, 0.3) is 10.9 Å². The molecule has 120 heavy (non-hydrogen) atoms. The standard InChI is InChI=1S/C90H69Cl5N8O13S4/c1-51-18-24-67(103(115)116)44-81(51)120-101(50-53-11-4-3-5-12-53)77-43-64(95)39-72(89(77)112)90(83(106)37-58-34-62(93)41-75(87(58)110)99-49-59-35-66(102(113)114)25-31-80(59)118-68-27-20-60(91)21-28-68,82(105)36-57-33-61(92)40-74(86(57)109)97-47-56-14-7-9-17-79(56)119-70-26-19-54-15-10-32-96-73(54)45-70)84(107)46-85(108)100-65-22-29-69(30-23-65)117-78-16-8-6-13-55(78)48-98-76-42-63(94)38-71(52(2)104)88(76)111/h3-35,38-45,97-99,109-112H,36-37,46-50H2,1-2H3,(H,100,108). The minimum absolute atomic E-state index is 0.0101. The van der Waals surface area contributed by atoms with Crippen LogP contribution in [0.2, 0.25) is 25.1 Å². The van der Waals surface area contributed by atoms with E-state index in [1.807, 2.05) is 78.9 Å². The Hall–Kier alpha value is -11.8. The number of hydrogen-bond donors (Lipinski definition) is 8. The van der Waals surface area contributed by atoms with Gasteiger partial charge in [-0.1, -0.05) is 178 Å². The number of nitro groups is 2. The molecule has 0 aliphatic heterocycles. The SMILES string of the molecule is CC(=O)c1cc(Cl)cc(NCc2ccccc2Sc2ccc(NC(=O)CC(=O)C(C(=O)Cc3cc(Cl)cc(NCc4ccccc4Sc4ccc5cccnc5c4)c3O)(C(=O)Cc3cc(Cl)cc(NCc4cc([N+](=O)[O-])ccc4Sc4ccc(Cl)cc4)c3O)c3cc(Cl)cc(N(Cc4ccccc4)Sc4cc([N+](=O)[O-])ccc4C)c3O)cc2)c1O. The van der Waals surface area contributed by atoms with Crippen molar-refractivity contribution >= 4 is 185 Å². The molecule has 0 aliphatic rings. The monoisotopic (exact) mass is 1770 g/mol. The first-order valence-electron chi connectivity index (χ1n) is 36.8. The minimum Gasteiger partial charge on any atom is -0.505 e. The number of ketones is 4. The summed E-state index contributed by atoms with van der Waals surface area (Å²) in [6, 6.07) is 65.7. The number of phenols is 4. The molecule has 1 atom stereocenters. The maximum atomic E-state index is 16.9. The third-order valence-electron chi connectivity index (χ3n) is 19.3. The van der Waals surface area contributed by atoms with Gasteiger partial charge in [-0.15, -0.1) is 0 Å². The normalized spacial score (nSPS) is 11.7. The van der Waals surface area contributed by atoms with Gasteiger partial charge in [-0.05, 0) is 187 Å². The number of aryl methyl sites for hydroxylation is 1. The molecule has 0 saturated carbocycles. The van der Waals surface area contributed by atoms with Crippen LogP contribution >= 0.6 is 105 Å². The van der Waals surface area contributed by atoms with E-state index in [4.69, 9.17) is 58.0 Å². The molecule has 30 heteroatoms. The second kappa shape index (κ2) is 38.5. The van der Waals surface area contributed by atoms with Crippen molar-refractivity contribution in [1.82, 2.24) is 4.98 Å². The van der Waals surface area contributed by atoms with Crippen LogP contribution in [-0.2, 0) is 63.6 Å². The van der Waals surface area contributed by atoms with Gasteiger partial charge >= 0.3 is 0 Å². The maximum Gasteiger partial charge on any atom is 0.270 e. The number of benzene rings is 12. The zero-order chi connectivity index (χ0) is 85.1. The maximum absolute atomic E-state index is 16.9. The van der Waals surface area contributed by atoms with Crippen LogP contribution in [0.5, 0.6) is 23.0 Å². The van der Waals surface area contributed by atoms with Crippen molar-refractivity contribution in [3.05, 3.63) is 344 Å². The fourth-order valence-electron chi connectivity index (χ4n) is 13.3. The number of phenolic OH excluding ortho intramolecular Hbond substituents is 4. The third-order valence-corrected chi connectivity index (χ3v) is 25.0. The summed E-state index contributed by atoms with van der Waals surface area (Å²) in [5, 5.41) is 87.9. The van der Waals surface area contributed by atoms with Gasteiger partial charge in [-0.3, -0.25) is 49.2 Å². The molecule has 21 nitrogen and oxygen atoms in total. The highest BCUT2D eigenvalue weighted by Gasteiger charge is 2.55. The summed E-state index contributed by atoms with van der Waals surface area (Å²) in [6.45, 7) is 2.97. The lowest BCUT2D eigenvalue weighted by Gasteiger charge is -2.33. The van der Waals surface area contributed by atoms with Crippen molar-refractivity contribution in [2.24, 2.45) is 0 Å². The fraction of sp³-hybridized carbons (Fsp3) is 0.111. The molecule has 1 heterocycles. The number of nitrogens with one attached hydrogen (secondary N) is 4. The summed E-state index contributed by atoms with van der Waals surface area (Å²) in [7, 11) is 0. The third kappa shape index (κ3) is 20.6. The van der Waals surface area contributed by atoms with Crippen molar-refractivity contribution in [3.8, 4) is 23.0 Å². The number of carbonyl (C=O) groups is 5. The second-order valence-electron chi connectivity index (χ2n) is 27.5. The smallest absolute Gasteiger partial charge is 0.270 e. The summed E-state index contributed by atoms with van der Waals surface area (Å²) in [4.78, 5) is 111. The van der Waals surface area contributed by atoms with Gasteiger partial charge in [-0.2, -0.15) is 0 Å². The summed E-state index contributed by atoms with van der Waals surface area (Å²) in [5.41, 5.74) is -1.28. The molecular formula is C90H69Cl5N8O13S4. The number of pyridine rings is 1. The molecular weight excluding hydrogens is 1710 g/mol. The number of Topliss-reactive ketones (excluding diaryl/α,β-unsaturated/α-hetero) is 4. The van der Waals surface area contributed by atoms with E-state index >= 15 is 19.2 Å². The number of rotatable bonds is 34. The number of nitrogens with zero attached hydrogens (tertiary/aromatic N) is 4. The van der Waals surface area contributed by atoms with Crippen molar-refractivity contribution in [2.75, 3.05) is 25.6 Å². The van der Waals surface area contributed by atoms with E-state index in [2.05, 4.69) is 26.3 Å². The number of fused-ring (bicyclic) bond motifs is 1. The van der Waals surface area contributed by atoms with Crippen molar-refractivity contribution < 1.29 is 54.2 Å². The lowest BCUT2D eigenvalue weighted by Crippen LogP contribution is -2.53. The Morgan fingerprint density at radius 2 is 0.975 bits per heavy atom. The second-order valence-corrected chi connectivity index (χ2v) is 34.1. The topological polar surface area (TPSA) is 317 Å². The summed E-state index contributed by atoms with van der Waals surface area (Å²) >= 11 is 38.8. The van der Waals surface area contributed by atoms with Crippen molar-refractivity contribution in [3.63, 3.8) is 0 Å². The van der Waals surface area contributed by atoms with E-state index in [1.54, 1.807) is 98.0 Å². The van der Waals surface area contributed by atoms with Gasteiger partial charge in [0.25, 0.3) is 11.4 Å². The van der Waals surface area contributed by atoms with Crippen molar-refractivity contribution in [2.45, 2.75) is 99.0 Å². The largest absolute Gasteiger partial charge is 0.505 e. The highest BCUT2D eigenvalue weighted by Crippen LogP contribution is 2.50. The zero-order valence-electron chi connectivity index (χ0n) is 63.4. The van der Waals surface area contributed by atoms with E-state index in [0.717, 1.165) is 59.6 Å². The summed E-state index contributed by atoms with van der Waals surface area (Å²) in [5.74, 6) is -7.97. The average Bonchev–Trinajstić information content (AvgIpc) is 0.728. The number of nitro benzene ring substituents is 2. The first kappa shape index (κ1) is 86.1. The highest BCUT2D eigenvalue weighted by molar-refractivity contribution is 8.01. The summed E-state index contributed by atoms with van der Waals surface area (Å²) in [6.07, 6.45) is -1.72. The van der Waals surface area contributed by atoms with E-state index in [0.29, 0.717) is 36.4 Å². The molecule has 0 spiro atoms. The van der Waals surface area contributed by atoms with Gasteiger partial charge in [0.15, 0.2) is 28.5 Å². The molecule has 1 unspecified atom stereocenters. The molecule has 606 valence electrons. The molecule has 0 fully saturated rings. The highest BCUT2D eigenvalue weighted by atomic mass is 35.5. The fourth-order valence-corrected chi connectivity index (χ4v) is 18.3. The van der Waals surface area contributed by atoms with Crippen LogP contribution in [-0.4, -0.2) is 64.3 Å². The molecule has 0 bridgehead atoms. The molecule has 13 rings (SSSR count). The van der Waals surface area contributed by atoms with Crippen LogP contribution in [0.15, 0.2) is 283 Å². The number of anilines is 5. The first-order valence-corrected chi connectivity index (χ1v) is 41.9. The molecule has 1 aromatic heterocycles. The molecule has 0 radical (unpaired) electrons. The molecule has 8 N–H and O–H groups in total. The minimum atomic E-state index is -3.41. The van der Waals surface area contributed by atoms with Gasteiger partial charge in [0.2, 0.25) is 5.91 Å². The number of non-ortho nitro benzene ring substituents is 2. The number of amides is 1. The van der Waals surface area contributed by atoms with Crippen LogP contribution in [0.3, 0.4) is 0 Å². The van der Waals surface area contributed by atoms with E-state index in [9.17, 15) is 45.4 Å². The van der Waals surface area contributed by atoms with Gasteiger partial charge in [0.05, 0.1) is 56.6 Å². The number of hydrogen-bond acceptors (Lipinski definition) is 22.